The van der Waals surface area contributed by atoms with Gasteiger partial charge < -0.3 is 9.84 Å². The highest BCUT2D eigenvalue weighted by molar-refractivity contribution is 6.33. The Morgan fingerprint density at radius 1 is 0.955 bits per heavy atom. The standard InChI is InChI=1S/C30H19ClF6N4O3/c1-16-11-17(26-22(31)12-19(13-38-26)29(32,33)34)9-10-18(16)15-44-24-7-3-2-5-20(24)23-6-4-8-25(40-23)41-27(30(35,36)37)21(14-39-41)28(42)43/h2-14H,15H2,1H3,(H,42,43). The van der Waals surface area contributed by atoms with Gasteiger partial charge in [0.15, 0.2) is 11.5 Å². The van der Waals surface area contributed by atoms with Crippen LogP contribution in [0.1, 0.15) is 32.7 Å². The monoisotopic (exact) mass is 632 g/mol. The molecule has 0 unspecified atom stereocenters. The molecule has 0 aliphatic rings. The molecule has 14 heteroatoms. The fourth-order valence-electron chi connectivity index (χ4n) is 4.41. The largest absolute Gasteiger partial charge is 0.488 e. The molecule has 7 nitrogen and oxygen atoms in total. The Balaban J connectivity index is 1.41. The van der Waals surface area contributed by atoms with E-state index in [1.54, 1.807) is 55.5 Å². The van der Waals surface area contributed by atoms with Crippen molar-refractivity contribution in [2.75, 3.05) is 0 Å². The van der Waals surface area contributed by atoms with Crippen LogP contribution in [0.25, 0.3) is 28.3 Å². The fraction of sp³-hybridized carbons (Fsp3) is 0.133. The number of benzene rings is 2. The van der Waals surface area contributed by atoms with Crippen LogP contribution in [0.5, 0.6) is 5.75 Å². The van der Waals surface area contributed by atoms with Gasteiger partial charge in [-0.25, -0.2) is 14.5 Å². The molecule has 1 N–H and O–H groups in total. The van der Waals surface area contributed by atoms with Gasteiger partial charge in [-0.3, -0.25) is 4.98 Å². The van der Waals surface area contributed by atoms with Crippen molar-refractivity contribution >= 4 is 17.6 Å². The summed E-state index contributed by atoms with van der Waals surface area (Å²) in [7, 11) is 0. The molecule has 5 rings (SSSR count). The molecule has 5 aromatic rings. The second kappa shape index (κ2) is 11.6. The van der Waals surface area contributed by atoms with E-state index in [-0.39, 0.29) is 28.8 Å². The molecular formula is C30H19ClF6N4O3. The summed E-state index contributed by atoms with van der Waals surface area (Å²) < 4.78 is 86.7. The van der Waals surface area contributed by atoms with Gasteiger partial charge in [0.1, 0.15) is 17.9 Å². The first-order chi connectivity index (χ1) is 20.7. The lowest BCUT2D eigenvalue weighted by atomic mass is 10.0. The van der Waals surface area contributed by atoms with Crippen LogP contribution in [0.4, 0.5) is 26.3 Å². The normalized spacial score (nSPS) is 11.9. The lowest BCUT2D eigenvalue weighted by molar-refractivity contribution is -0.143. The van der Waals surface area contributed by atoms with E-state index in [2.05, 4.69) is 15.1 Å². The molecule has 3 heterocycles. The van der Waals surface area contributed by atoms with Gasteiger partial charge >= 0.3 is 18.3 Å². The van der Waals surface area contributed by atoms with Gasteiger partial charge in [-0.15, -0.1) is 0 Å². The van der Waals surface area contributed by atoms with Crippen molar-refractivity contribution in [3.63, 3.8) is 0 Å². The number of hydrogen-bond acceptors (Lipinski definition) is 5. The molecule has 3 aromatic heterocycles. The number of ether oxygens (including phenoxy) is 1. The first-order valence-electron chi connectivity index (χ1n) is 12.6. The topological polar surface area (TPSA) is 90.1 Å². The lowest BCUT2D eigenvalue weighted by Crippen LogP contribution is -2.18. The number of aromatic carboxylic acids is 1. The predicted octanol–water partition coefficient (Wildman–Crippen LogP) is 8.27. The summed E-state index contributed by atoms with van der Waals surface area (Å²) in [6.07, 6.45) is -8.25. The third-order valence-corrected chi connectivity index (χ3v) is 6.84. The fourth-order valence-corrected chi connectivity index (χ4v) is 4.69. The minimum atomic E-state index is -5.01. The number of nitrogens with zero attached hydrogens (tertiary/aromatic N) is 4. The van der Waals surface area contributed by atoms with Crippen molar-refractivity contribution in [1.82, 2.24) is 19.7 Å². The van der Waals surface area contributed by atoms with Gasteiger partial charge in [0, 0.05) is 17.3 Å². The Kier molecular flexibility index (Phi) is 8.08. The van der Waals surface area contributed by atoms with E-state index < -0.39 is 35.1 Å². The third-order valence-electron chi connectivity index (χ3n) is 6.55. The smallest absolute Gasteiger partial charge is 0.434 e. The van der Waals surface area contributed by atoms with E-state index in [4.69, 9.17) is 16.3 Å². The van der Waals surface area contributed by atoms with Crippen molar-refractivity contribution < 1.29 is 41.0 Å². The van der Waals surface area contributed by atoms with Crippen LogP contribution in [0.3, 0.4) is 0 Å². The summed E-state index contributed by atoms with van der Waals surface area (Å²) >= 11 is 6.09. The lowest BCUT2D eigenvalue weighted by Gasteiger charge is -2.15. The molecule has 0 saturated carbocycles. The van der Waals surface area contributed by atoms with E-state index >= 15 is 0 Å². The molecule has 0 aliphatic heterocycles. The molecule has 0 saturated heterocycles. The number of alkyl halides is 6. The highest BCUT2D eigenvalue weighted by atomic mass is 35.5. The number of carboxylic acids is 1. The number of carbonyl (C=O) groups is 1. The highest BCUT2D eigenvalue weighted by Crippen LogP contribution is 2.36. The summed E-state index contributed by atoms with van der Waals surface area (Å²) in [4.78, 5) is 19.6. The zero-order valence-electron chi connectivity index (χ0n) is 22.4. The Labute approximate surface area is 250 Å². The number of para-hydroxylation sites is 1. The van der Waals surface area contributed by atoms with Gasteiger partial charge in [0.05, 0.1) is 28.2 Å². The van der Waals surface area contributed by atoms with Crippen molar-refractivity contribution in [3.05, 3.63) is 112 Å². The molecule has 0 atom stereocenters. The van der Waals surface area contributed by atoms with E-state index in [1.807, 2.05) is 0 Å². The SMILES string of the molecule is Cc1cc(-c2ncc(C(F)(F)F)cc2Cl)ccc1COc1ccccc1-c1cccc(-n2ncc(C(=O)O)c2C(F)(F)F)n1. The highest BCUT2D eigenvalue weighted by Gasteiger charge is 2.41. The maximum absolute atomic E-state index is 13.7. The number of rotatable bonds is 7. The Bertz CT molecular complexity index is 1870. The number of pyridine rings is 2. The molecule has 2 aromatic carbocycles. The average Bonchev–Trinajstić information content (AvgIpc) is 3.43. The van der Waals surface area contributed by atoms with Crippen LogP contribution in [-0.4, -0.2) is 30.8 Å². The van der Waals surface area contributed by atoms with Gasteiger partial charge in [-0.1, -0.05) is 41.9 Å². The molecule has 44 heavy (non-hydrogen) atoms. The third kappa shape index (κ3) is 6.23. The quantitative estimate of drug-likeness (QED) is 0.182. The second-order valence-corrected chi connectivity index (χ2v) is 9.89. The molecule has 0 radical (unpaired) electrons. The van der Waals surface area contributed by atoms with Gasteiger partial charge in [0.2, 0.25) is 0 Å². The van der Waals surface area contributed by atoms with E-state index in [9.17, 15) is 36.2 Å². The van der Waals surface area contributed by atoms with Gasteiger partial charge in [-0.05, 0) is 54.4 Å². The minimum absolute atomic E-state index is 0.0658. The van der Waals surface area contributed by atoms with E-state index in [0.29, 0.717) is 27.8 Å². The van der Waals surface area contributed by atoms with Crippen LogP contribution < -0.4 is 4.74 Å². The number of carboxylic acid groups (broad SMARTS) is 1. The molecule has 0 spiro atoms. The van der Waals surface area contributed by atoms with Gasteiger partial charge in [-0.2, -0.15) is 31.4 Å². The molecule has 0 fully saturated rings. The summed E-state index contributed by atoms with van der Waals surface area (Å²) in [5.74, 6) is -1.67. The maximum atomic E-state index is 13.7. The molecule has 226 valence electrons. The molecule has 0 aliphatic carbocycles. The maximum Gasteiger partial charge on any atom is 0.434 e. The Morgan fingerprint density at radius 2 is 1.70 bits per heavy atom. The van der Waals surface area contributed by atoms with Crippen molar-refractivity contribution in [1.29, 1.82) is 0 Å². The minimum Gasteiger partial charge on any atom is -0.488 e. The Morgan fingerprint density at radius 3 is 2.36 bits per heavy atom. The van der Waals surface area contributed by atoms with Crippen molar-refractivity contribution in [2.45, 2.75) is 25.9 Å². The number of aryl methyl sites for hydroxylation is 1. The average molecular weight is 633 g/mol. The number of halogens is 7. The predicted molar refractivity (Wildman–Crippen MR) is 148 cm³/mol. The molecule has 0 bridgehead atoms. The zero-order chi connectivity index (χ0) is 31.8. The van der Waals surface area contributed by atoms with Crippen LogP contribution >= 0.6 is 11.6 Å². The number of aromatic nitrogens is 4. The summed E-state index contributed by atoms with van der Waals surface area (Å²) in [5.41, 5.74) is -0.565. The first-order valence-corrected chi connectivity index (χ1v) is 13.0. The molecule has 0 amide bonds. The summed E-state index contributed by atoms with van der Waals surface area (Å²) in [6.45, 7) is 1.85. The van der Waals surface area contributed by atoms with Crippen LogP contribution in [0.15, 0.2) is 79.1 Å². The van der Waals surface area contributed by atoms with Crippen molar-refractivity contribution in [3.8, 4) is 34.1 Å². The van der Waals surface area contributed by atoms with Crippen molar-refractivity contribution in [2.24, 2.45) is 0 Å². The van der Waals surface area contributed by atoms with E-state index in [1.165, 1.54) is 12.1 Å². The summed E-state index contributed by atoms with van der Waals surface area (Å²) in [6, 6.07) is 16.9. The van der Waals surface area contributed by atoms with Gasteiger partial charge in [0.25, 0.3) is 0 Å². The Hall–Kier alpha value is -4.91. The van der Waals surface area contributed by atoms with Crippen LogP contribution in [0, 0.1) is 6.92 Å². The second-order valence-electron chi connectivity index (χ2n) is 9.48. The summed E-state index contributed by atoms with van der Waals surface area (Å²) in [5, 5.41) is 12.7. The number of hydrogen-bond donors (Lipinski definition) is 1. The molecular weight excluding hydrogens is 614 g/mol. The van der Waals surface area contributed by atoms with E-state index in [0.717, 1.165) is 23.4 Å². The zero-order valence-corrected chi connectivity index (χ0v) is 23.2. The first kappa shape index (κ1) is 30.5. The van der Waals surface area contributed by atoms with Crippen LogP contribution in [-0.2, 0) is 19.0 Å². The van der Waals surface area contributed by atoms with Crippen LogP contribution in [0.2, 0.25) is 5.02 Å².